The molecule has 0 saturated heterocycles. The van der Waals surface area contributed by atoms with Crippen molar-refractivity contribution in [2.75, 3.05) is 20.4 Å². The van der Waals surface area contributed by atoms with E-state index in [4.69, 9.17) is 18.1 Å². The van der Waals surface area contributed by atoms with Crippen molar-refractivity contribution in [3.05, 3.63) is 48.1 Å². The summed E-state index contributed by atoms with van der Waals surface area (Å²) < 4.78 is 23.6. The van der Waals surface area contributed by atoms with Crippen LogP contribution in [0.1, 0.15) is 12.8 Å². The number of fused-ring (bicyclic) bond motifs is 1. The molecular formula is C15H19O4P. The van der Waals surface area contributed by atoms with Crippen LogP contribution in [0.3, 0.4) is 0 Å². The van der Waals surface area contributed by atoms with E-state index in [9.17, 15) is 0 Å². The Morgan fingerprint density at radius 2 is 1.75 bits per heavy atom. The third kappa shape index (κ3) is 2.14. The Hall–Kier alpha value is -1.35. The van der Waals surface area contributed by atoms with E-state index in [1.165, 1.54) is 5.57 Å². The Morgan fingerprint density at radius 1 is 1.10 bits per heavy atom. The zero-order valence-corrected chi connectivity index (χ0v) is 12.6. The van der Waals surface area contributed by atoms with E-state index in [0.29, 0.717) is 17.7 Å². The van der Waals surface area contributed by atoms with Crippen LogP contribution in [0.25, 0.3) is 0 Å². The minimum atomic E-state index is -3.61. The van der Waals surface area contributed by atoms with Crippen molar-refractivity contribution in [1.29, 1.82) is 0 Å². The molecule has 1 aromatic carbocycles. The van der Waals surface area contributed by atoms with Crippen molar-refractivity contribution in [2.45, 2.75) is 12.8 Å². The van der Waals surface area contributed by atoms with Gasteiger partial charge in [-0.3, -0.25) is 0 Å². The average molecular weight is 294 g/mol. The van der Waals surface area contributed by atoms with Crippen LogP contribution in [-0.2, 0) is 9.05 Å². The zero-order chi connectivity index (χ0) is 14.1. The topological polar surface area (TPSA) is 36.9 Å². The number of rotatable bonds is 4. The molecule has 108 valence electrons. The van der Waals surface area contributed by atoms with Gasteiger partial charge in [-0.15, -0.1) is 0 Å². The summed E-state index contributed by atoms with van der Waals surface area (Å²) in [5, 5.41) is 0. The van der Waals surface area contributed by atoms with Crippen LogP contribution in [0, 0.1) is 0 Å². The Bertz CT molecular complexity index is 546. The molecule has 1 aliphatic heterocycles. The SMILES string of the molecule is COP1(CC2=CC=CCC2)(OC)Oc2ccccc2O1. The summed E-state index contributed by atoms with van der Waals surface area (Å²) in [6, 6.07) is 7.56. The molecule has 0 spiro atoms. The molecule has 0 atom stereocenters. The first-order valence-corrected chi connectivity index (χ1v) is 8.76. The van der Waals surface area contributed by atoms with Gasteiger partial charge in [0.1, 0.15) is 0 Å². The van der Waals surface area contributed by atoms with E-state index in [1.807, 2.05) is 24.3 Å². The van der Waals surface area contributed by atoms with E-state index in [1.54, 1.807) is 14.2 Å². The summed E-state index contributed by atoms with van der Waals surface area (Å²) in [6.45, 7) is 0. The molecule has 0 bridgehead atoms. The Labute approximate surface area is 119 Å². The molecule has 1 aliphatic carbocycles. The number of para-hydroxylation sites is 2. The van der Waals surface area contributed by atoms with Crippen molar-refractivity contribution in [3.8, 4) is 11.5 Å². The van der Waals surface area contributed by atoms with Crippen LogP contribution in [0.4, 0.5) is 0 Å². The van der Waals surface area contributed by atoms with Crippen molar-refractivity contribution >= 4 is 7.51 Å². The summed E-state index contributed by atoms with van der Waals surface area (Å²) in [6.07, 6.45) is 8.82. The monoisotopic (exact) mass is 294 g/mol. The fourth-order valence-corrected chi connectivity index (χ4v) is 5.39. The summed E-state index contributed by atoms with van der Waals surface area (Å²) in [4.78, 5) is 0. The van der Waals surface area contributed by atoms with Gasteiger partial charge in [-0.2, -0.15) is 0 Å². The molecule has 20 heavy (non-hydrogen) atoms. The minimum absolute atomic E-state index is 0.525. The van der Waals surface area contributed by atoms with Crippen molar-refractivity contribution < 1.29 is 18.1 Å². The van der Waals surface area contributed by atoms with E-state index in [2.05, 4.69) is 18.2 Å². The molecule has 3 rings (SSSR count). The predicted octanol–water partition coefficient (Wildman–Crippen LogP) is 4.24. The van der Waals surface area contributed by atoms with Crippen molar-refractivity contribution in [3.63, 3.8) is 0 Å². The van der Waals surface area contributed by atoms with E-state index < -0.39 is 7.51 Å². The second-order valence-electron chi connectivity index (χ2n) is 4.91. The first-order chi connectivity index (χ1) is 9.69. The Kier molecular flexibility index (Phi) is 3.33. The molecule has 0 amide bonds. The van der Waals surface area contributed by atoms with Crippen LogP contribution in [0.15, 0.2) is 48.1 Å². The summed E-state index contributed by atoms with van der Waals surface area (Å²) in [5.41, 5.74) is 1.22. The van der Waals surface area contributed by atoms with Gasteiger partial charge in [0.05, 0.1) is 0 Å². The first-order valence-electron chi connectivity index (χ1n) is 6.67. The standard InChI is InChI=1S/C15H19O4P/c1-16-20(17-2,12-13-8-4-3-5-9-13)18-14-10-6-7-11-15(14)19-20/h3-4,6-8,10-11H,5,9,12H2,1-2H3. The molecular weight excluding hydrogens is 275 g/mol. The van der Waals surface area contributed by atoms with E-state index in [-0.39, 0.29) is 0 Å². The fraction of sp³-hybridized carbons (Fsp3) is 0.333. The molecule has 1 aromatic rings. The predicted molar refractivity (Wildman–Crippen MR) is 80.0 cm³/mol. The Balaban J connectivity index is 1.96. The van der Waals surface area contributed by atoms with Gasteiger partial charge in [0.15, 0.2) is 0 Å². The number of hydrogen-bond acceptors (Lipinski definition) is 4. The average Bonchev–Trinajstić information content (AvgIpc) is 2.84. The van der Waals surface area contributed by atoms with E-state index >= 15 is 0 Å². The molecule has 5 heteroatoms. The third-order valence-electron chi connectivity index (χ3n) is 3.67. The van der Waals surface area contributed by atoms with Gasteiger partial charge >= 0.3 is 118 Å². The second kappa shape index (κ2) is 4.88. The first kappa shape index (κ1) is 13.6. The van der Waals surface area contributed by atoms with Crippen molar-refractivity contribution in [1.82, 2.24) is 0 Å². The maximum absolute atomic E-state index is 6.08. The summed E-state index contributed by atoms with van der Waals surface area (Å²) in [7, 11) is -0.430. The fourth-order valence-electron chi connectivity index (χ4n) is 2.53. The number of allylic oxidation sites excluding steroid dienone is 4. The molecule has 2 aliphatic rings. The normalized spacial score (nSPS) is 23.7. The molecule has 0 aromatic heterocycles. The molecule has 0 unspecified atom stereocenters. The van der Waals surface area contributed by atoms with Gasteiger partial charge in [-0.1, -0.05) is 0 Å². The molecule has 0 saturated carbocycles. The van der Waals surface area contributed by atoms with Crippen LogP contribution < -0.4 is 9.05 Å². The molecule has 1 heterocycles. The Morgan fingerprint density at radius 3 is 2.25 bits per heavy atom. The number of benzene rings is 1. The van der Waals surface area contributed by atoms with Gasteiger partial charge in [0, 0.05) is 0 Å². The molecule has 0 fully saturated rings. The molecule has 0 radical (unpaired) electrons. The number of hydrogen-bond donors (Lipinski definition) is 0. The van der Waals surface area contributed by atoms with Crippen LogP contribution in [0.2, 0.25) is 0 Å². The maximum atomic E-state index is 6.08. The second-order valence-corrected chi connectivity index (χ2v) is 8.25. The quantitative estimate of drug-likeness (QED) is 0.778. The third-order valence-corrected chi connectivity index (χ3v) is 7.10. The van der Waals surface area contributed by atoms with Gasteiger partial charge in [0.2, 0.25) is 0 Å². The van der Waals surface area contributed by atoms with E-state index in [0.717, 1.165) is 12.8 Å². The summed E-state index contributed by atoms with van der Waals surface area (Å²) in [5.74, 6) is 1.36. The molecule has 4 nitrogen and oxygen atoms in total. The molecule has 0 N–H and O–H groups in total. The van der Waals surface area contributed by atoms with Gasteiger partial charge in [0.25, 0.3) is 0 Å². The summed E-state index contributed by atoms with van der Waals surface area (Å²) >= 11 is 0. The van der Waals surface area contributed by atoms with Crippen LogP contribution >= 0.6 is 7.51 Å². The van der Waals surface area contributed by atoms with Crippen LogP contribution in [-0.4, -0.2) is 20.4 Å². The van der Waals surface area contributed by atoms with Gasteiger partial charge in [-0.05, 0) is 0 Å². The van der Waals surface area contributed by atoms with Crippen molar-refractivity contribution in [2.24, 2.45) is 0 Å². The van der Waals surface area contributed by atoms with Gasteiger partial charge < -0.3 is 0 Å². The zero-order valence-electron chi connectivity index (χ0n) is 11.7. The van der Waals surface area contributed by atoms with Crippen LogP contribution in [0.5, 0.6) is 11.5 Å². The van der Waals surface area contributed by atoms with Gasteiger partial charge in [-0.25, -0.2) is 0 Å².